The van der Waals surface area contributed by atoms with Crippen molar-refractivity contribution in [3.63, 3.8) is 0 Å². The summed E-state index contributed by atoms with van der Waals surface area (Å²) in [6, 6.07) is 6.45. The van der Waals surface area contributed by atoms with Crippen LogP contribution < -0.4 is 0 Å². The highest BCUT2D eigenvalue weighted by atomic mass is 16.4. The minimum atomic E-state index is -1.05. The summed E-state index contributed by atoms with van der Waals surface area (Å²) in [5, 5.41) is 18.8. The molecular formula is C14H12O6. The lowest BCUT2D eigenvalue weighted by molar-refractivity contribution is -0.161. The smallest absolute Gasteiger partial charge is 0.308 e. The van der Waals surface area contributed by atoms with Crippen molar-refractivity contribution in [2.45, 2.75) is 11.8 Å². The summed E-state index contributed by atoms with van der Waals surface area (Å²) in [7, 11) is 0. The molecular weight excluding hydrogens is 264 g/mol. The van der Waals surface area contributed by atoms with Crippen molar-refractivity contribution < 1.29 is 28.6 Å². The SMILES string of the molecule is O=C(O)C1[C@H](c2ccco2)[C@@H](C(=O)O)[C@@H]1c1ccco1. The molecule has 104 valence electrons. The van der Waals surface area contributed by atoms with Gasteiger partial charge in [-0.25, -0.2) is 0 Å². The van der Waals surface area contributed by atoms with Gasteiger partial charge in [-0.2, -0.15) is 0 Å². The van der Waals surface area contributed by atoms with Gasteiger partial charge in [-0.15, -0.1) is 0 Å². The predicted molar refractivity (Wildman–Crippen MR) is 65.1 cm³/mol. The highest BCUT2D eigenvalue weighted by molar-refractivity contribution is 5.83. The molecule has 3 rings (SSSR count). The van der Waals surface area contributed by atoms with Crippen molar-refractivity contribution >= 4 is 11.9 Å². The lowest BCUT2D eigenvalue weighted by Crippen LogP contribution is -2.50. The average molecular weight is 276 g/mol. The summed E-state index contributed by atoms with van der Waals surface area (Å²) in [4.78, 5) is 23.0. The summed E-state index contributed by atoms with van der Waals surface area (Å²) >= 11 is 0. The van der Waals surface area contributed by atoms with Gasteiger partial charge < -0.3 is 19.0 Å². The van der Waals surface area contributed by atoms with Gasteiger partial charge in [0.15, 0.2) is 0 Å². The molecule has 6 nitrogen and oxygen atoms in total. The third-order valence-electron chi connectivity index (χ3n) is 3.86. The molecule has 0 aromatic carbocycles. The van der Waals surface area contributed by atoms with E-state index in [2.05, 4.69) is 0 Å². The quantitative estimate of drug-likeness (QED) is 0.887. The Bertz CT molecular complexity index is 548. The van der Waals surface area contributed by atoms with Crippen LogP contribution in [0.3, 0.4) is 0 Å². The summed E-state index contributed by atoms with van der Waals surface area (Å²) < 4.78 is 10.4. The van der Waals surface area contributed by atoms with Crippen LogP contribution in [0.4, 0.5) is 0 Å². The fourth-order valence-electron chi connectivity index (χ4n) is 3.03. The topological polar surface area (TPSA) is 101 Å². The molecule has 0 aliphatic heterocycles. The molecule has 0 saturated heterocycles. The van der Waals surface area contributed by atoms with Gasteiger partial charge in [-0.1, -0.05) is 0 Å². The molecule has 0 bridgehead atoms. The van der Waals surface area contributed by atoms with E-state index in [9.17, 15) is 19.8 Å². The van der Waals surface area contributed by atoms with Crippen LogP contribution >= 0.6 is 0 Å². The maximum atomic E-state index is 11.5. The Balaban J connectivity index is 2.02. The van der Waals surface area contributed by atoms with E-state index in [1.807, 2.05) is 0 Å². The molecule has 0 spiro atoms. The number of carboxylic acid groups (broad SMARTS) is 2. The van der Waals surface area contributed by atoms with Crippen molar-refractivity contribution in [3.8, 4) is 0 Å². The Morgan fingerprint density at radius 3 is 1.50 bits per heavy atom. The highest BCUT2D eigenvalue weighted by Crippen LogP contribution is 2.57. The van der Waals surface area contributed by atoms with Crippen molar-refractivity contribution in [1.82, 2.24) is 0 Å². The molecule has 0 atom stereocenters. The summed E-state index contributed by atoms with van der Waals surface area (Å²) in [6.45, 7) is 0. The molecule has 2 N–H and O–H groups in total. The average Bonchev–Trinajstić information content (AvgIpc) is 2.98. The number of carboxylic acids is 2. The van der Waals surface area contributed by atoms with Crippen LogP contribution in [-0.2, 0) is 9.59 Å². The van der Waals surface area contributed by atoms with Gasteiger partial charge >= 0.3 is 11.9 Å². The fourth-order valence-corrected chi connectivity index (χ4v) is 3.03. The van der Waals surface area contributed by atoms with Crippen LogP contribution in [0.1, 0.15) is 23.4 Å². The number of hydrogen-bond acceptors (Lipinski definition) is 4. The maximum Gasteiger partial charge on any atom is 0.308 e. The second-order valence-corrected chi connectivity index (χ2v) is 4.81. The lowest BCUT2D eigenvalue weighted by Gasteiger charge is -2.45. The van der Waals surface area contributed by atoms with Gasteiger partial charge in [-0.05, 0) is 24.3 Å². The minimum Gasteiger partial charge on any atom is -0.481 e. The Kier molecular flexibility index (Phi) is 2.85. The van der Waals surface area contributed by atoms with E-state index in [1.165, 1.54) is 12.5 Å². The third kappa shape index (κ3) is 1.72. The molecule has 0 unspecified atom stereocenters. The molecule has 20 heavy (non-hydrogen) atoms. The second kappa shape index (κ2) is 4.56. The molecule has 6 heteroatoms. The largest absolute Gasteiger partial charge is 0.481 e. The van der Waals surface area contributed by atoms with E-state index in [1.54, 1.807) is 24.3 Å². The first-order valence-electron chi connectivity index (χ1n) is 6.13. The predicted octanol–water partition coefficient (Wildman–Crippen LogP) is 2.16. The van der Waals surface area contributed by atoms with Gasteiger partial charge in [0, 0.05) is 11.8 Å². The monoisotopic (exact) mass is 276 g/mol. The molecule has 2 aromatic heterocycles. The molecule has 1 aliphatic rings. The van der Waals surface area contributed by atoms with Crippen LogP contribution in [0.2, 0.25) is 0 Å². The highest BCUT2D eigenvalue weighted by Gasteiger charge is 2.61. The minimum absolute atomic E-state index is 0.382. The van der Waals surface area contributed by atoms with Crippen molar-refractivity contribution in [3.05, 3.63) is 48.3 Å². The number of hydrogen-bond donors (Lipinski definition) is 2. The Morgan fingerprint density at radius 1 is 0.850 bits per heavy atom. The maximum absolute atomic E-state index is 11.5. The first kappa shape index (κ1) is 12.5. The third-order valence-corrected chi connectivity index (χ3v) is 3.86. The first-order valence-corrected chi connectivity index (χ1v) is 6.13. The van der Waals surface area contributed by atoms with E-state index in [0.717, 1.165) is 0 Å². The van der Waals surface area contributed by atoms with E-state index in [4.69, 9.17) is 8.83 Å². The van der Waals surface area contributed by atoms with Gasteiger partial charge in [0.25, 0.3) is 0 Å². The van der Waals surface area contributed by atoms with E-state index < -0.39 is 35.6 Å². The fraction of sp³-hybridized carbons (Fsp3) is 0.286. The molecule has 0 amide bonds. The summed E-state index contributed by atoms with van der Waals surface area (Å²) in [6.07, 6.45) is 2.82. The Morgan fingerprint density at radius 2 is 1.25 bits per heavy atom. The molecule has 1 aliphatic carbocycles. The summed E-state index contributed by atoms with van der Waals surface area (Å²) in [5.74, 6) is -4.44. The lowest BCUT2D eigenvalue weighted by atomic mass is 9.55. The zero-order chi connectivity index (χ0) is 14.3. The van der Waals surface area contributed by atoms with Crippen LogP contribution in [0.25, 0.3) is 0 Å². The van der Waals surface area contributed by atoms with Crippen LogP contribution in [0.5, 0.6) is 0 Å². The number of carbonyl (C=O) groups is 2. The van der Waals surface area contributed by atoms with Crippen molar-refractivity contribution in [2.24, 2.45) is 11.8 Å². The van der Waals surface area contributed by atoms with Gasteiger partial charge in [0.1, 0.15) is 11.5 Å². The van der Waals surface area contributed by atoms with Gasteiger partial charge in [0.2, 0.25) is 0 Å². The van der Waals surface area contributed by atoms with E-state index in [0.29, 0.717) is 11.5 Å². The van der Waals surface area contributed by atoms with E-state index in [-0.39, 0.29) is 0 Å². The van der Waals surface area contributed by atoms with Crippen LogP contribution in [-0.4, -0.2) is 22.2 Å². The molecule has 2 heterocycles. The van der Waals surface area contributed by atoms with Crippen LogP contribution in [0, 0.1) is 11.8 Å². The second-order valence-electron chi connectivity index (χ2n) is 4.81. The van der Waals surface area contributed by atoms with Gasteiger partial charge in [-0.3, -0.25) is 9.59 Å². The standard InChI is InChI=1S/C14H12O6/c15-13(16)11-9(7-3-1-5-19-7)12(14(17)18)10(11)8-4-2-6-20-8/h1-6,9-12H,(H,15,16)(H,17,18)/t9-,10+,11-,12?. The molecule has 0 radical (unpaired) electrons. The first-order chi connectivity index (χ1) is 9.61. The number of rotatable bonds is 4. The number of furan rings is 2. The Labute approximate surface area is 113 Å². The zero-order valence-electron chi connectivity index (χ0n) is 10.3. The molecule has 1 saturated carbocycles. The normalized spacial score (nSPS) is 28.8. The van der Waals surface area contributed by atoms with Crippen molar-refractivity contribution in [2.75, 3.05) is 0 Å². The van der Waals surface area contributed by atoms with E-state index >= 15 is 0 Å². The van der Waals surface area contributed by atoms with Gasteiger partial charge in [0.05, 0.1) is 24.4 Å². The van der Waals surface area contributed by atoms with Crippen molar-refractivity contribution in [1.29, 1.82) is 0 Å². The zero-order valence-corrected chi connectivity index (χ0v) is 10.3. The van der Waals surface area contributed by atoms with Crippen LogP contribution in [0.15, 0.2) is 45.6 Å². The summed E-state index contributed by atoms with van der Waals surface area (Å²) in [5.41, 5.74) is 0. The molecule has 1 fully saturated rings. The number of aliphatic carboxylic acids is 2. The molecule has 2 aromatic rings. The Hall–Kier alpha value is -2.50.